The number of amides is 1. The lowest BCUT2D eigenvalue weighted by atomic mass is 10.2. The van der Waals surface area contributed by atoms with Crippen molar-refractivity contribution in [1.82, 2.24) is 10.2 Å². The summed E-state index contributed by atoms with van der Waals surface area (Å²) in [6, 6.07) is 8.80. The van der Waals surface area contributed by atoms with Gasteiger partial charge in [0.1, 0.15) is 5.01 Å². The molecule has 6 nitrogen and oxygen atoms in total. The quantitative estimate of drug-likeness (QED) is 0.867. The molecule has 1 aromatic heterocycles. The molecule has 0 aliphatic rings. The van der Waals surface area contributed by atoms with Crippen LogP contribution in [0.2, 0.25) is 0 Å². The Labute approximate surface area is 114 Å². The number of aromatic nitrogens is 2. The van der Waals surface area contributed by atoms with Crippen molar-refractivity contribution < 1.29 is 13.2 Å². The molecule has 1 aromatic carbocycles. The molecule has 19 heavy (non-hydrogen) atoms. The second-order valence-electron chi connectivity index (χ2n) is 3.85. The molecule has 2 rings (SSSR count). The molecule has 2 N–H and O–H groups in total. The third kappa shape index (κ3) is 3.58. The summed E-state index contributed by atoms with van der Waals surface area (Å²) in [6.07, 6.45) is -0.0987. The summed E-state index contributed by atoms with van der Waals surface area (Å²) >= 11 is 0.876. The Morgan fingerprint density at radius 2 is 1.89 bits per heavy atom. The summed E-state index contributed by atoms with van der Waals surface area (Å²) in [4.78, 5) is 10.7. The van der Waals surface area contributed by atoms with E-state index in [2.05, 4.69) is 10.2 Å². The zero-order chi connectivity index (χ0) is 13.9. The van der Waals surface area contributed by atoms with Crippen molar-refractivity contribution in [2.24, 2.45) is 5.73 Å². The van der Waals surface area contributed by atoms with Crippen LogP contribution in [0.15, 0.2) is 34.7 Å². The fourth-order valence-corrected chi connectivity index (χ4v) is 3.91. The molecule has 0 aliphatic heterocycles. The Balaban J connectivity index is 2.20. The number of sulfone groups is 1. The number of carbonyl (C=O) groups is 1. The first-order valence-corrected chi connectivity index (χ1v) is 7.81. The van der Waals surface area contributed by atoms with Crippen LogP contribution in [-0.2, 0) is 26.8 Å². The summed E-state index contributed by atoms with van der Waals surface area (Å²) in [5, 5.41) is 7.57. The minimum absolute atomic E-state index is 0.0902. The molecule has 0 aliphatic carbocycles. The number of carbonyl (C=O) groups excluding carboxylic acids is 1. The number of primary amides is 1. The molecule has 2 aromatic rings. The Morgan fingerprint density at radius 1 is 1.21 bits per heavy atom. The summed E-state index contributed by atoms with van der Waals surface area (Å²) in [5.41, 5.74) is 5.69. The molecule has 1 amide bonds. The summed E-state index contributed by atoms with van der Waals surface area (Å²) in [6.45, 7) is 0. The highest BCUT2D eigenvalue weighted by molar-refractivity contribution is 7.92. The first-order chi connectivity index (χ1) is 8.97. The normalized spacial score (nSPS) is 11.4. The van der Waals surface area contributed by atoms with E-state index in [1.807, 2.05) is 6.07 Å². The predicted octanol–water partition coefficient (Wildman–Crippen LogP) is 0.540. The molecular weight excluding hydrogens is 286 g/mol. The second-order valence-corrected chi connectivity index (χ2v) is 7.07. The topological polar surface area (TPSA) is 103 Å². The zero-order valence-electron chi connectivity index (χ0n) is 9.81. The van der Waals surface area contributed by atoms with Crippen LogP contribution in [0.25, 0.3) is 0 Å². The van der Waals surface area contributed by atoms with Gasteiger partial charge in [-0.25, -0.2) is 8.42 Å². The van der Waals surface area contributed by atoms with Crippen LogP contribution in [0, 0.1) is 0 Å². The van der Waals surface area contributed by atoms with Crippen LogP contribution in [0.3, 0.4) is 0 Å². The van der Waals surface area contributed by atoms with Gasteiger partial charge in [0, 0.05) is 0 Å². The number of nitrogens with zero attached hydrogens (tertiary/aromatic N) is 2. The standard InChI is InChI=1S/C11H11N3O3S2/c12-9(15)6-10-13-14-11(18-10)19(16,17)7-8-4-2-1-3-5-8/h1-5H,6-7H2,(H2,12,15). The Kier molecular flexibility index (Phi) is 3.91. The first-order valence-electron chi connectivity index (χ1n) is 5.35. The van der Waals surface area contributed by atoms with Gasteiger partial charge in [-0.1, -0.05) is 41.7 Å². The van der Waals surface area contributed by atoms with E-state index in [-0.39, 0.29) is 16.5 Å². The average molecular weight is 297 g/mol. The number of nitrogens with two attached hydrogens (primary N) is 1. The zero-order valence-corrected chi connectivity index (χ0v) is 11.4. The molecule has 0 radical (unpaired) electrons. The van der Waals surface area contributed by atoms with Crippen molar-refractivity contribution in [1.29, 1.82) is 0 Å². The van der Waals surface area contributed by atoms with E-state index in [0.29, 0.717) is 10.6 Å². The maximum absolute atomic E-state index is 12.1. The predicted molar refractivity (Wildman–Crippen MR) is 70.1 cm³/mol. The molecule has 0 spiro atoms. The fourth-order valence-electron chi connectivity index (χ4n) is 1.44. The highest BCUT2D eigenvalue weighted by Crippen LogP contribution is 2.20. The number of hydrogen-bond acceptors (Lipinski definition) is 6. The minimum Gasteiger partial charge on any atom is -0.369 e. The Hall–Kier alpha value is -1.80. The molecule has 0 atom stereocenters. The lowest BCUT2D eigenvalue weighted by Gasteiger charge is -1.99. The largest absolute Gasteiger partial charge is 0.369 e. The van der Waals surface area contributed by atoms with Gasteiger partial charge in [0.2, 0.25) is 20.1 Å². The summed E-state index contributed by atoms with van der Waals surface area (Å²) in [7, 11) is -3.54. The third-order valence-corrected chi connectivity index (χ3v) is 5.30. The van der Waals surface area contributed by atoms with E-state index in [4.69, 9.17) is 5.73 Å². The van der Waals surface area contributed by atoms with Gasteiger partial charge in [-0.05, 0) is 5.56 Å². The molecule has 100 valence electrons. The SMILES string of the molecule is NC(=O)Cc1nnc(S(=O)(=O)Cc2ccccc2)s1. The summed E-state index contributed by atoms with van der Waals surface area (Å²) < 4.78 is 24.1. The van der Waals surface area contributed by atoms with Gasteiger partial charge in [0.15, 0.2) is 0 Å². The van der Waals surface area contributed by atoms with E-state index >= 15 is 0 Å². The smallest absolute Gasteiger partial charge is 0.232 e. The number of benzene rings is 1. The van der Waals surface area contributed by atoms with Gasteiger partial charge in [0.25, 0.3) is 0 Å². The van der Waals surface area contributed by atoms with E-state index in [0.717, 1.165) is 11.3 Å². The van der Waals surface area contributed by atoms with E-state index in [9.17, 15) is 13.2 Å². The van der Waals surface area contributed by atoms with Crippen molar-refractivity contribution in [3.8, 4) is 0 Å². The maximum Gasteiger partial charge on any atom is 0.232 e. The number of hydrogen-bond donors (Lipinski definition) is 1. The Morgan fingerprint density at radius 3 is 2.53 bits per heavy atom. The van der Waals surface area contributed by atoms with Crippen molar-refractivity contribution >= 4 is 27.1 Å². The lowest BCUT2D eigenvalue weighted by molar-refractivity contribution is -0.117. The molecule has 0 unspecified atom stereocenters. The van der Waals surface area contributed by atoms with E-state index < -0.39 is 15.7 Å². The fraction of sp³-hybridized carbons (Fsp3) is 0.182. The Bertz CT molecular complexity index is 680. The minimum atomic E-state index is -3.54. The number of rotatable bonds is 5. The van der Waals surface area contributed by atoms with Gasteiger partial charge >= 0.3 is 0 Å². The van der Waals surface area contributed by atoms with Crippen LogP contribution in [0.4, 0.5) is 0 Å². The van der Waals surface area contributed by atoms with E-state index in [1.165, 1.54) is 0 Å². The van der Waals surface area contributed by atoms with Crippen molar-refractivity contribution in [3.05, 3.63) is 40.9 Å². The van der Waals surface area contributed by atoms with Gasteiger partial charge < -0.3 is 5.73 Å². The first kappa shape index (κ1) is 13.6. The lowest BCUT2D eigenvalue weighted by Crippen LogP contribution is -2.13. The van der Waals surface area contributed by atoms with Crippen LogP contribution in [-0.4, -0.2) is 24.5 Å². The third-order valence-electron chi connectivity index (χ3n) is 2.24. The molecule has 0 fully saturated rings. The molecule has 0 bridgehead atoms. The van der Waals surface area contributed by atoms with Crippen LogP contribution in [0.1, 0.15) is 10.6 Å². The second kappa shape index (κ2) is 5.45. The monoisotopic (exact) mass is 297 g/mol. The van der Waals surface area contributed by atoms with E-state index in [1.54, 1.807) is 24.3 Å². The highest BCUT2D eigenvalue weighted by Gasteiger charge is 2.21. The molecule has 0 saturated carbocycles. The van der Waals surface area contributed by atoms with Crippen LogP contribution in [0.5, 0.6) is 0 Å². The van der Waals surface area contributed by atoms with Crippen LogP contribution >= 0.6 is 11.3 Å². The summed E-state index contributed by atoms with van der Waals surface area (Å²) in [5.74, 6) is -0.706. The van der Waals surface area contributed by atoms with Crippen molar-refractivity contribution in [3.63, 3.8) is 0 Å². The molecule has 8 heteroatoms. The van der Waals surface area contributed by atoms with Gasteiger partial charge in [-0.2, -0.15) is 0 Å². The average Bonchev–Trinajstić information content (AvgIpc) is 2.78. The van der Waals surface area contributed by atoms with Gasteiger partial charge in [0.05, 0.1) is 12.2 Å². The van der Waals surface area contributed by atoms with Crippen LogP contribution < -0.4 is 5.73 Å². The van der Waals surface area contributed by atoms with Crippen molar-refractivity contribution in [2.45, 2.75) is 16.5 Å². The van der Waals surface area contributed by atoms with Gasteiger partial charge in [-0.3, -0.25) is 4.79 Å². The van der Waals surface area contributed by atoms with Crippen molar-refractivity contribution in [2.75, 3.05) is 0 Å². The maximum atomic E-state index is 12.1. The van der Waals surface area contributed by atoms with Gasteiger partial charge in [-0.15, -0.1) is 10.2 Å². The molecule has 0 saturated heterocycles. The molecular formula is C11H11N3O3S2. The highest BCUT2D eigenvalue weighted by atomic mass is 32.2. The molecule has 1 heterocycles.